The monoisotopic (exact) mass is 193 g/mol. The second-order valence-electron chi connectivity index (χ2n) is 3.57. The first kappa shape index (κ1) is 11.1. The summed E-state index contributed by atoms with van der Waals surface area (Å²) in [6, 6.07) is 5.90. The molecule has 0 aliphatic heterocycles. The molecule has 0 aliphatic rings. The molecule has 0 unspecified atom stereocenters. The van der Waals surface area contributed by atoms with Crippen LogP contribution in [0.5, 0.6) is 5.75 Å². The first-order valence-electron chi connectivity index (χ1n) is 5.23. The molecule has 1 aromatic rings. The Morgan fingerprint density at radius 1 is 1.29 bits per heavy atom. The average Bonchev–Trinajstić information content (AvgIpc) is 2.19. The van der Waals surface area contributed by atoms with Crippen molar-refractivity contribution < 1.29 is 5.11 Å². The molecule has 1 rings (SSSR count). The fourth-order valence-corrected chi connectivity index (χ4v) is 1.53. The molecule has 2 heteroatoms. The number of hydrogen-bond acceptors (Lipinski definition) is 2. The van der Waals surface area contributed by atoms with Crippen LogP contribution in [0.1, 0.15) is 24.5 Å². The number of hydrogen-bond donors (Lipinski definition) is 2. The van der Waals surface area contributed by atoms with Gasteiger partial charge in [-0.05, 0) is 43.6 Å². The van der Waals surface area contributed by atoms with Gasteiger partial charge in [0.25, 0.3) is 0 Å². The van der Waals surface area contributed by atoms with E-state index in [2.05, 4.69) is 18.3 Å². The highest BCUT2D eigenvalue weighted by Crippen LogP contribution is 2.20. The SMILES string of the molecule is CCCc1cc(CCNC)ccc1O. The van der Waals surface area contributed by atoms with E-state index in [4.69, 9.17) is 0 Å². The number of aryl methyl sites for hydroxylation is 1. The molecule has 0 spiro atoms. The van der Waals surface area contributed by atoms with Crippen LogP contribution in [0.15, 0.2) is 18.2 Å². The highest BCUT2D eigenvalue weighted by molar-refractivity contribution is 5.36. The van der Waals surface area contributed by atoms with Crippen molar-refractivity contribution in [3.05, 3.63) is 29.3 Å². The van der Waals surface area contributed by atoms with Gasteiger partial charge in [-0.1, -0.05) is 25.5 Å². The molecule has 0 amide bonds. The van der Waals surface area contributed by atoms with Crippen LogP contribution in [-0.2, 0) is 12.8 Å². The van der Waals surface area contributed by atoms with Gasteiger partial charge in [0.2, 0.25) is 0 Å². The largest absolute Gasteiger partial charge is 0.508 e. The van der Waals surface area contributed by atoms with E-state index in [0.717, 1.165) is 31.4 Å². The van der Waals surface area contributed by atoms with Crippen LogP contribution >= 0.6 is 0 Å². The molecule has 1 aromatic carbocycles. The van der Waals surface area contributed by atoms with E-state index in [1.165, 1.54) is 5.56 Å². The Hall–Kier alpha value is -1.02. The number of phenolic OH excluding ortho intramolecular Hbond substituents is 1. The van der Waals surface area contributed by atoms with Crippen LogP contribution in [0.4, 0.5) is 0 Å². The third-order valence-electron chi connectivity index (χ3n) is 2.33. The van der Waals surface area contributed by atoms with Crippen molar-refractivity contribution in [2.45, 2.75) is 26.2 Å². The summed E-state index contributed by atoms with van der Waals surface area (Å²) in [6.07, 6.45) is 3.05. The zero-order valence-electron chi connectivity index (χ0n) is 9.01. The van der Waals surface area contributed by atoms with Crippen LogP contribution in [0.3, 0.4) is 0 Å². The average molecular weight is 193 g/mol. The third-order valence-corrected chi connectivity index (χ3v) is 2.33. The molecule has 0 bridgehead atoms. The van der Waals surface area contributed by atoms with Gasteiger partial charge in [0.1, 0.15) is 5.75 Å². The molecular weight excluding hydrogens is 174 g/mol. The van der Waals surface area contributed by atoms with E-state index in [0.29, 0.717) is 5.75 Å². The fourth-order valence-electron chi connectivity index (χ4n) is 1.53. The topological polar surface area (TPSA) is 32.3 Å². The minimum Gasteiger partial charge on any atom is -0.508 e. The molecule has 0 heterocycles. The summed E-state index contributed by atoms with van der Waals surface area (Å²) in [5, 5.41) is 12.7. The number of likely N-dealkylation sites (N-methyl/N-ethyl adjacent to an activating group) is 1. The van der Waals surface area contributed by atoms with Gasteiger partial charge < -0.3 is 10.4 Å². The molecule has 0 saturated heterocycles. The van der Waals surface area contributed by atoms with Gasteiger partial charge in [0, 0.05) is 0 Å². The fraction of sp³-hybridized carbons (Fsp3) is 0.500. The minimum atomic E-state index is 0.431. The molecule has 0 aromatic heterocycles. The molecule has 2 nitrogen and oxygen atoms in total. The Bertz CT molecular complexity index is 284. The van der Waals surface area contributed by atoms with Crippen molar-refractivity contribution in [2.75, 3.05) is 13.6 Å². The van der Waals surface area contributed by atoms with E-state index < -0.39 is 0 Å². The number of phenols is 1. The summed E-state index contributed by atoms with van der Waals surface area (Å²) in [6.45, 7) is 3.11. The summed E-state index contributed by atoms with van der Waals surface area (Å²) in [5.41, 5.74) is 2.36. The molecule has 78 valence electrons. The van der Waals surface area contributed by atoms with E-state index >= 15 is 0 Å². The predicted octanol–water partition coefficient (Wildman–Crippen LogP) is 2.11. The first-order chi connectivity index (χ1) is 6.77. The highest BCUT2D eigenvalue weighted by Gasteiger charge is 2.01. The Kier molecular flexibility index (Phi) is 4.47. The van der Waals surface area contributed by atoms with Crippen LogP contribution in [-0.4, -0.2) is 18.7 Å². The Morgan fingerprint density at radius 3 is 2.71 bits per heavy atom. The summed E-state index contributed by atoms with van der Waals surface area (Å²) in [4.78, 5) is 0. The zero-order valence-corrected chi connectivity index (χ0v) is 9.01. The molecule has 0 aliphatic carbocycles. The first-order valence-corrected chi connectivity index (χ1v) is 5.23. The standard InChI is InChI=1S/C12H19NO/c1-3-4-11-9-10(7-8-13-2)5-6-12(11)14/h5-6,9,13-14H,3-4,7-8H2,1-2H3. The number of aromatic hydroxyl groups is 1. The third kappa shape index (κ3) is 3.04. The van der Waals surface area contributed by atoms with Crippen molar-refractivity contribution in [3.63, 3.8) is 0 Å². The van der Waals surface area contributed by atoms with Gasteiger partial charge in [-0.15, -0.1) is 0 Å². The number of rotatable bonds is 5. The van der Waals surface area contributed by atoms with E-state index in [9.17, 15) is 5.11 Å². The summed E-state index contributed by atoms with van der Waals surface area (Å²) in [5.74, 6) is 0.431. The lowest BCUT2D eigenvalue weighted by molar-refractivity contribution is 0.467. The van der Waals surface area contributed by atoms with Crippen LogP contribution in [0.25, 0.3) is 0 Å². The van der Waals surface area contributed by atoms with Crippen LogP contribution in [0, 0.1) is 0 Å². The number of nitrogens with one attached hydrogen (secondary N) is 1. The van der Waals surface area contributed by atoms with Crippen molar-refractivity contribution >= 4 is 0 Å². The molecule has 0 fully saturated rings. The second-order valence-corrected chi connectivity index (χ2v) is 3.57. The molecule has 0 saturated carbocycles. The normalized spacial score (nSPS) is 10.4. The van der Waals surface area contributed by atoms with E-state index in [1.54, 1.807) is 6.07 Å². The predicted molar refractivity (Wildman–Crippen MR) is 59.7 cm³/mol. The molecule has 2 N–H and O–H groups in total. The van der Waals surface area contributed by atoms with Gasteiger partial charge >= 0.3 is 0 Å². The van der Waals surface area contributed by atoms with Crippen LogP contribution < -0.4 is 5.32 Å². The van der Waals surface area contributed by atoms with E-state index in [-0.39, 0.29) is 0 Å². The maximum absolute atomic E-state index is 9.58. The van der Waals surface area contributed by atoms with Crippen molar-refractivity contribution in [1.82, 2.24) is 5.32 Å². The van der Waals surface area contributed by atoms with Crippen LogP contribution in [0.2, 0.25) is 0 Å². The summed E-state index contributed by atoms with van der Waals surface area (Å²) >= 11 is 0. The van der Waals surface area contributed by atoms with Gasteiger partial charge in [0.05, 0.1) is 0 Å². The Morgan fingerprint density at radius 2 is 2.07 bits per heavy atom. The number of benzene rings is 1. The van der Waals surface area contributed by atoms with Gasteiger partial charge in [-0.25, -0.2) is 0 Å². The Balaban J connectivity index is 2.72. The lowest BCUT2D eigenvalue weighted by atomic mass is 10.0. The molecule has 0 radical (unpaired) electrons. The smallest absolute Gasteiger partial charge is 0.118 e. The van der Waals surface area contributed by atoms with Gasteiger partial charge in [-0.2, -0.15) is 0 Å². The lowest BCUT2D eigenvalue weighted by Gasteiger charge is -2.06. The maximum Gasteiger partial charge on any atom is 0.118 e. The van der Waals surface area contributed by atoms with Crippen molar-refractivity contribution in [1.29, 1.82) is 0 Å². The molecule has 0 atom stereocenters. The van der Waals surface area contributed by atoms with Gasteiger partial charge in [0.15, 0.2) is 0 Å². The maximum atomic E-state index is 9.58. The molecule has 14 heavy (non-hydrogen) atoms. The lowest BCUT2D eigenvalue weighted by Crippen LogP contribution is -2.10. The quantitative estimate of drug-likeness (QED) is 0.750. The second kappa shape index (κ2) is 5.66. The Labute approximate surface area is 86.0 Å². The summed E-state index contributed by atoms with van der Waals surface area (Å²) in [7, 11) is 1.95. The molecular formula is C12H19NO. The van der Waals surface area contributed by atoms with Gasteiger partial charge in [-0.3, -0.25) is 0 Å². The highest BCUT2D eigenvalue weighted by atomic mass is 16.3. The summed E-state index contributed by atoms with van der Waals surface area (Å²) < 4.78 is 0. The van der Waals surface area contributed by atoms with E-state index in [1.807, 2.05) is 13.1 Å². The minimum absolute atomic E-state index is 0.431. The van der Waals surface area contributed by atoms with Crippen molar-refractivity contribution in [3.8, 4) is 5.75 Å². The van der Waals surface area contributed by atoms with Crippen molar-refractivity contribution in [2.24, 2.45) is 0 Å². The zero-order chi connectivity index (χ0) is 10.4.